The van der Waals surface area contributed by atoms with Gasteiger partial charge in [0.2, 0.25) is 5.91 Å². The molecule has 0 spiro atoms. The zero-order valence-electron chi connectivity index (χ0n) is 15.0. The number of rotatable bonds is 6. The Kier molecular flexibility index (Phi) is 5.71. The molecule has 0 saturated carbocycles. The fourth-order valence-corrected chi connectivity index (χ4v) is 2.87. The van der Waals surface area contributed by atoms with Crippen LogP contribution in [0.1, 0.15) is 23.2 Å². The number of amides is 3. The molecule has 0 unspecified atom stereocenters. The Bertz CT molecular complexity index is 849. The summed E-state index contributed by atoms with van der Waals surface area (Å²) in [4.78, 5) is 37.2. The lowest BCUT2D eigenvalue weighted by molar-refractivity contribution is -0.118. The molecule has 1 aliphatic rings. The van der Waals surface area contributed by atoms with E-state index in [1.807, 2.05) is 12.1 Å². The summed E-state index contributed by atoms with van der Waals surface area (Å²) >= 11 is 0. The average Bonchev–Trinajstić information content (AvgIpc) is 3.12. The molecule has 3 amide bonds. The van der Waals surface area contributed by atoms with Gasteiger partial charge in [0, 0.05) is 37.0 Å². The minimum absolute atomic E-state index is 0.127. The van der Waals surface area contributed by atoms with Crippen molar-refractivity contribution in [2.24, 2.45) is 0 Å². The zero-order chi connectivity index (χ0) is 19.2. The van der Waals surface area contributed by atoms with Crippen molar-refractivity contribution >= 4 is 29.1 Å². The van der Waals surface area contributed by atoms with Crippen molar-refractivity contribution in [2.45, 2.75) is 12.8 Å². The monoisotopic (exact) mass is 367 g/mol. The fraction of sp³-hybridized carbons (Fsp3) is 0.250. The molecule has 0 radical (unpaired) electrons. The summed E-state index contributed by atoms with van der Waals surface area (Å²) in [6.07, 6.45) is 1.46. The van der Waals surface area contributed by atoms with Gasteiger partial charge in [0.25, 0.3) is 11.8 Å². The highest BCUT2D eigenvalue weighted by atomic mass is 16.5. The quantitative estimate of drug-likeness (QED) is 0.819. The molecular weight excluding hydrogens is 346 g/mol. The summed E-state index contributed by atoms with van der Waals surface area (Å²) in [5, 5.41) is 5.23. The Morgan fingerprint density at radius 2 is 1.93 bits per heavy atom. The van der Waals surface area contributed by atoms with E-state index < -0.39 is 0 Å². The number of carbonyl (C=O) groups excluding carboxylic acids is 3. The number of nitrogens with one attached hydrogen (secondary N) is 2. The molecule has 1 heterocycles. The molecule has 1 aliphatic heterocycles. The van der Waals surface area contributed by atoms with Gasteiger partial charge in [-0.2, -0.15) is 0 Å². The summed E-state index contributed by atoms with van der Waals surface area (Å²) < 4.78 is 5.49. The van der Waals surface area contributed by atoms with Gasteiger partial charge in [-0.15, -0.1) is 0 Å². The molecule has 2 aromatic carbocycles. The second kappa shape index (κ2) is 8.35. The van der Waals surface area contributed by atoms with E-state index in [1.54, 1.807) is 48.3 Å². The van der Waals surface area contributed by atoms with E-state index in [9.17, 15) is 14.4 Å². The van der Waals surface area contributed by atoms with Gasteiger partial charge in [-0.05, 0) is 48.9 Å². The standard InChI is InChI=1S/C20H21N3O4/c1-21-20(26)14-4-2-5-15(12-14)22-18(24)13-27-17-9-7-16(8-10-17)23-11-3-6-19(23)25/h2,4-5,7-10,12H,3,6,11,13H2,1H3,(H,21,26)(H,22,24). The Hall–Kier alpha value is -3.35. The summed E-state index contributed by atoms with van der Waals surface area (Å²) in [5.41, 5.74) is 1.82. The van der Waals surface area contributed by atoms with Crippen LogP contribution in [-0.2, 0) is 9.59 Å². The molecule has 1 fully saturated rings. The van der Waals surface area contributed by atoms with Crippen LogP contribution in [0.4, 0.5) is 11.4 Å². The minimum atomic E-state index is -0.331. The first kappa shape index (κ1) is 18.4. The van der Waals surface area contributed by atoms with Crippen molar-refractivity contribution in [3.8, 4) is 5.75 Å². The average molecular weight is 367 g/mol. The van der Waals surface area contributed by atoms with Gasteiger partial charge in [-0.3, -0.25) is 14.4 Å². The van der Waals surface area contributed by atoms with Crippen molar-refractivity contribution < 1.29 is 19.1 Å². The molecule has 0 aliphatic carbocycles. The molecular formula is C20H21N3O4. The third-order valence-corrected chi connectivity index (χ3v) is 4.23. The summed E-state index contributed by atoms with van der Waals surface area (Å²) in [6, 6.07) is 13.7. The molecule has 0 atom stereocenters. The molecule has 7 nitrogen and oxygen atoms in total. The van der Waals surface area contributed by atoms with Crippen LogP contribution in [0, 0.1) is 0 Å². The highest BCUT2D eigenvalue weighted by Gasteiger charge is 2.21. The Morgan fingerprint density at radius 3 is 2.59 bits per heavy atom. The van der Waals surface area contributed by atoms with Crippen LogP contribution < -0.4 is 20.3 Å². The first-order chi connectivity index (χ1) is 13.1. The number of hydrogen-bond acceptors (Lipinski definition) is 4. The Labute approximate surface area is 157 Å². The first-order valence-electron chi connectivity index (χ1n) is 8.72. The van der Waals surface area contributed by atoms with Crippen LogP contribution in [0.2, 0.25) is 0 Å². The van der Waals surface area contributed by atoms with E-state index >= 15 is 0 Å². The van der Waals surface area contributed by atoms with E-state index in [0.717, 1.165) is 18.7 Å². The lowest BCUT2D eigenvalue weighted by atomic mass is 10.2. The molecule has 2 aromatic rings. The lowest BCUT2D eigenvalue weighted by Gasteiger charge is -2.16. The minimum Gasteiger partial charge on any atom is -0.484 e. The Balaban J connectivity index is 1.53. The van der Waals surface area contributed by atoms with Gasteiger partial charge >= 0.3 is 0 Å². The fourth-order valence-electron chi connectivity index (χ4n) is 2.87. The second-order valence-corrected chi connectivity index (χ2v) is 6.14. The van der Waals surface area contributed by atoms with Gasteiger partial charge in [-0.1, -0.05) is 6.07 Å². The number of anilines is 2. The summed E-state index contributed by atoms with van der Waals surface area (Å²) in [7, 11) is 1.55. The zero-order valence-corrected chi connectivity index (χ0v) is 15.0. The molecule has 0 bridgehead atoms. The smallest absolute Gasteiger partial charge is 0.262 e. The number of ether oxygens (including phenoxy) is 1. The molecule has 3 rings (SSSR count). The maximum Gasteiger partial charge on any atom is 0.262 e. The predicted molar refractivity (Wildman–Crippen MR) is 102 cm³/mol. The highest BCUT2D eigenvalue weighted by molar-refractivity contribution is 5.97. The van der Waals surface area contributed by atoms with Crippen LogP contribution in [0.3, 0.4) is 0 Å². The molecule has 0 aromatic heterocycles. The summed E-state index contributed by atoms with van der Waals surface area (Å²) in [5.74, 6) is 0.114. The first-order valence-corrected chi connectivity index (χ1v) is 8.72. The maximum atomic E-state index is 12.1. The van der Waals surface area contributed by atoms with E-state index in [1.165, 1.54) is 0 Å². The number of nitrogens with zero attached hydrogens (tertiary/aromatic N) is 1. The topological polar surface area (TPSA) is 87.7 Å². The molecule has 1 saturated heterocycles. The van der Waals surface area contributed by atoms with Gasteiger partial charge in [0.1, 0.15) is 5.75 Å². The SMILES string of the molecule is CNC(=O)c1cccc(NC(=O)COc2ccc(N3CCCC3=O)cc2)c1. The van der Waals surface area contributed by atoms with Crippen molar-refractivity contribution in [1.82, 2.24) is 5.32 Å². The largest absolute Gasteiger partial charge is 0.484 e. The van der Waals surface area contributed by atoms with Gasteiger partial charge < -0.3 is 20.3 Å². The van der Waals surface area contributed by atoms with Crippen molar-refractivity contribution in [1.29, 1.82) is 0 Å². The molecule has 7 heteroatoms. The van der Waals surface area contributed by atoms with Crippen LogP contribution >= 0.6 is 0 Å². The third-order valence-electron chi connectivity index (χ3n) is 4.23. The lowest BCUT2D eigenvalue weighted by Crippen LogP contribution is -2.23. The number of carbonyl (C=O) groups is 3. The maximum absolute atomic E-state index is 12.1. The van der Waals surface area contributed by atoms with Crippen LogP contribution in [-0.4, -0.2) is 37.9 Å². The number of hydrogen-bond donors (Lipinski definition) is 2. The van der Waals surface area contributed by atoms with Crippen LogP contribution in [0.5, 0.6) is 5.75 Å². The number of benzene rings is 2. The third kappa shape index (κ3) is 4.63. The summed E-state index contributed by atoms with van der Waals surface area (Å²) in [6.45, 7) is 0.572. The van der Waals surface area contributed by atoms with E-state index in [2.05, 4.69) is 10.6 Å². The van der Waals surface area contributed by atoms with Crippen molar-refractivity contribution in [3.05, 3.63) is 54.1 Å². The van der Waals surface area contributed by atoms with Gasteiger partial charge in [0.15, 0.2) is 6.61 Å². The van der Waals surface area contributed by atoms with Gasteiger partial charge in [0.05, 0.1) is 0 Å². The molecule has 140 valence electrons. The predicted octanol–water partition coefficient (Wildman–Crippen LogP) is 2.19. The van der Waals surface area contributed by atoms with E-state index in [-0.39, 0.29) is 24.3 Å². The van der Waals surface area contributed by atoms with Crippen LogP contribution in [0.15, 0.2) is 48.5 Å². The Morgan fingerprint density at radius 1 is 1.15 bits per heavy atom. The van der Waals surface area contributed by atoms with Crippen molar-refractivity contribution in [2.75, 3.05) is 30.4 Å². The normalized spacial score (nSPS) is 13.4. The molecule has 27 heavy (non-hydrogen) atoms. The van der Waals surface area contributed by atoms with E-state index in [4.69, 9.17) is 4.74 Å². The van der Waals surface area contributed by atoms with Gasteiger partial charge in [-0.25, -0.2) is 0 Å². The second-order valence-electron chi connectivity index (χ2n) is 6.14. The van der Waals surface area contributed by atoms with E-state index in [0.29, 0.717) is 23.4 Å². The molecule has 2 N–H and O–H groups in total. The highest BCUT2D eigenvalue weighted by Crippen LogP contribution is 2.23. The van der Waals surface area contributed by atoms with Crippen molar-refractivity contribution in [3.63, 3.8) is 0 Å². The van der Waals surface area contributed by atoms with Crippen LogP contribution in [0.25, 0.3) is 0 Å².